The SMILES string of the molecule is Nc1cc(C(Cc2nc3ccc(-c4ccccc4)cc3[nH]2)c2ccccc2)c2n[nH]nc2n1. The van der Waals surface area contributed by atoms with Gasteiger partial charge in [-0.15, -0.1) is 5.10 Å². The summed E-state index contributed by atoms with van der Waals surface area (Å²) in [5.41, 5.74) is 13.8. The topological polar surface area (TPSA) is 109 Å². The molecule has 0 spiro atoms. The van der Waals surface area contributed by atoms with E-state index < -0.39 is 0 Å². The summed E-state index contributed by atoms with van der Waals surface area (Å²) in [4.78, 5) is 12.7. The van der Waals surface area contributed by atoms with E-state index in [1.54, 1.807) is 0 Å². The first kappa shape index (κ1) is 19.2. The highest BCUT2D eigenvalue weighted by molar-refractivity contribution is 5.82. The van der Waals surface area contributed by atoms with Gasteiger partial charge >= 0.3 is 0 Å². The first-order valence-corrected chi connectivity index (χ1v) is 10.8. The maximum Gasteiger partial charge on any atom is 0.203 e. The zero-order valence-corrected chi connectivity index (χ0v) is 17.7. The third-order valence-electron chi connectivity index (χ3n) is 5.95. The Hall–Kier alpha value is -4.52. The molecule has 0 bridgehead atoms. The van der Waals surface area contributed by atoms with Crippen LogP contribution in [0.25, 0.3) is 33.3 Å². The van der Waals surface area contributed by atoms with Crippen molar-refractivity contribution in [2.75, 3.05) is 5.73 Å². The normalized spacial score (nSPS) is 12.4. The Kier molecular flexibility index (Phi) is 4.58. The minimum absolute atomic E-state index is 0.0155. The van der Waals surface area contributed by atoms with E-state index in [0.717, 1.165) is 39.1 Å². The van der Waals surface area contributed by atoms with Gasteiger partial charge in [-0.3, -0.25) is 0 Å². The first-order chi connectivity index (χ1) is 16.2. The van der Waals surface area contributed by atoms with Crippen molar-refractivity contribution in [3.8, 4) is 11.1 Å². The minimum atomic E-state index is -0.0155. The van der Waals surface area contributed by atoms with Crippen LogP contribution in [0.15, 0.2) is 84.9 Å². The van der Waals surface area contributed by atoms with E-state index in [-0.39, 0.29) is 5.92 Å². The number of hydrogen-bond donors (Lipinski definition) is 3. The zero-order chi connectivity index (χ0) is 22.2. The molecule has 0 radical (unpaired) electrons. The van der Waals surface area contributed by atoms with Gasteiger partial charge in [0.25, 0.3) is 0 Å². The molecule has 0 aliphatic carbocycles. The molecule has 3 heterocycles. The molecular weight excluding hydrogens is 410 g/mol. The number of nitrogens with one attached hydrogen (secondary N) is 2. The van der Waals surface area contributed by atoms with Gasteiger partial charge < -0.3 is 10.7 Å². The van der Waals surface area contributed by atoms with Gasteiger partial charge in [0.1, 0.15) is 17.2 Å². The predicted octanol–water partition coefficient (Wildman–Crippen LogP) is 4.85. The van der Waals surface area contributed by atoms with Gasteiger partial charge in [-0.2, -0.15) is 10.3 Å². The lowest BCUT2D eigenvalue weighted by Gasteiger charge is -2.17. The summed E-state index contributed by atoms with van der Waals surface area (Å²) < 4.78 is 0. The quantitative estimate of drug-likeness (QED) is 0.361. The summed E-state index contributed by atoms with van der Waals surface area (Å²) in [5.74, 6) is 1.30. The highest BCUT2D eigenvalue weighted by Gasteiger charge is 2.22. The molecule has 0 amide bonds. The van der Waals surface area contributed by atoms with Crippen LogP contribution in [0.4, 0.5) is 5.82 Å². The van der Waals surface area contributed by atoms with Crippen molar-refractivity contribution in [1.29, 1.82) is 0 Å². The van der Waals surface area contributed by atoms with Crippen LogP contribution in [0.1, 0.15) is 22.9 Å². The van der Waals surface area contributed by atoms with Gasteiger partial charge in [0.15, 0.2) is 0 Å². The van der Waals surface area contributed by atoms with Gasteiger partial charge in [-0.25, -0.2) is 9.97 Å². The van der Waals surface area contributed by atoms with Crippen molar-refractivity contribution in [2.45, 2.75) is 12.3 Å². The van der Waals surface area contributed by atoms with Crippen LogP contribution >= 0.6 is 0 Å². The fourth-order valence-corrected chi connectivity index (χ4v) is 4.40. The van der Waals surface area contributed by atoms with Gasteiger partial charge in [0.05, 0.1) is 11.0 Å². The van der Waals surface area contributed by atoms with Crippen molar-refractivity contribution >= 4 is 28.0 Å². The smallest absolute Gasteiger partial charge is 0.203 e. The number of anilines is 1. The molecule has 160 valence electrons. The molecule has 1 atom stereocenters. The molecule has 0 aliphatic rings. The Bertz CT molecular complexity index is 1550. The van der Waals surface area contributed by atoms with Crippen molar-refractivity contribution < 1.29 is 0 Å². The molecule has 0 aliphatic heterocycles. The number of benzene rings is 3. The molecule has 0 fully saturated rings. The molecule has 7 nitrogen and oxygen atoms in total. The van der Waals surface area contributed by atoms with E-state index in [2.05, 4.69) is 67.8 Å². The summed E-state index contributed by atoms with van der Waals surface area (Å²) in [6, 6.07) is 28.9. The van der Waals surface area contributed by atoms with Crippen molar-refractivity contribution in [1.82, 2.24) is 30.4 Å². The lowest BCUT2D eigenvalue weighted by Crippen LogP contribution is -2.08. The number of imidazole rings is 1. The largest absolute Gasteiger partial charge is 0.384 e. The summed E-state index contributed by atoms with van der Waals surface area (Å²) in [6.07, 6.45) is 0.658. The Morgan fingerprint density at radius 2 is 1.58 bits per heavy atom. The van der Waals surface area contributed by atoms with Crippen LogP contribution in [0.2, 0.25) is 0 Å². The number of aromatic nitrogens is 6. The summed E-state index contributed by atoms with van der Waals surface area (Å²) >= 11 is 0. The van der Waals surface area contributed by atoms with Crippen LogP contribution in [0, 0.1) is 0 Å². The molecule has 3 aromatic heterocycles. The van der Waals surface area contributed by atoms with Crippen LogP contribution < -0.4 is 5.73 Å². The van der Waals surface area contributed by atoms with E-state index in [1.165, 1.54) is 5.56 Å². The van der Waals surface area contributed by atoms with Gasteiger partial charge in [0.2, 0.25) is 5.65 Å². The average molecular weight is 432 g/mol. The average Bonchev–Trinajstić information content (AvgIpc) is 3.49. The van der Waals surface area contributed by atoms with Crippen LogP contribution in [0.3, 0.4) is 0 Å². The second-order valence-corrected chi connectivity index (χ2v) is 8.08. The number of hydrogen-bond acceptors (Lipinski definition) is 5. The van der Waals surface area contributed by atoms with Crippen LogP contribution in [-0.2, 0) is 6.42 Å². The third-order valence-corrected chi connectivity index (χ3v) is 5.95. The fourth-order valence-electron chi connectivity index (χ4n) is 4.40. The number of nitrogens with zero attached hydrogens (tertiary/aromatic N) is 4. The number of nitrogen functional groups attached to an aromatic ring is 1. The number of H-pyrrole nitrogens is 2. The molecule has 6 aromatic rings. The Balaban J connectivity index is 1.43. The second kappa shape index (κ2) is 7.87. The zero-order valence-electron chi connectivity index (χ0n) is 17.7. The van der Waals surface area contributed by atoms with Crippen molar-refractivity contribution in [2.24, 2.45) is 0 Å². The highest BCUT2D eigenvalue weighted by Crippen LogP contribution is 2.33. The van der Waals surface area contributed by atoms with E-state index in [9.17, 15) is 0 Å². The molecule has 6 rings (SSSR count). The van der Waals surface area contributed by atoms with Crippen molar-refractivity contribution in [3.05, 3.63) is 102 Å². The molecule has 1 unspecified atom stereocenters. The predicted molar refractivity (Wildman–Crippen MR) is 130 cm³/mol. The summed E-state index contributed by atoms with van der Waals surface area (Å²) in [7, 11) is 0. The van der Waals surface area contributed by atoms with E-state index >= 15 is 0 Å². The fraction of sp³-hybridized carbons (Fsp3) is 0.0769. The number of rotatable bonds is 5. The lowest BCUT2D eigenvalue weighted by molar-refractivity contribution is 0.771. The van der Waals surface area contributed by atoms with Crippen LogP contribution in [0.5, 0.6) is 0 Å². The number of fused-ring (bicyclic) bond motifs is 2. The maximum atomic E-state index is 6.11. The standard InChI is InChI=1S/C26H21N7/c27-23-14-20(25-26(30-23)32-33-31-25)19(17-9-5-2-6-10-17)15-24-28-21-12-11-18(13-22(21)29-24)16-7-3-1-4-8-16/h1-14,19H,15H2,(H,28,29)(H3,27,30,31,32,33). The number of aromatic amines is 2. The molecule has 4 N–H and O–H groups in total. The number of nitrogens with two attached hydrogens (primary N) is 1. The maximum absolute atomic E-state index is 6.11. The summed E-state index contributed by atoms with van der Waals surface area (Å²) in [6.45, 7) is 0. The van der Waals surface area contributed by atoms with E-state index in [0.29, 0.717) is 17.9 Å². The van der Waals surface area contributed by atoms with Gasteiger partial charge in [-0.05, 0) is 40.5 Å². The Morgan fingerprint density at radius 1 is 0.788 bits per heavy atom. The molecular formula is C26H21N7. The van der Waals surface area contributed by atoms with E-state index in [4.69, 9.17) is 10.7 Å². The molecule has 33 heavy (non-hydrogen) atoms. The number of pyridine rings is 1. The molecule has 0 saturated carbocycles. The third kappa shape index (κ3) is 3.59. The molecule has 3 aromatic carbocycles. The van der Waals surface area contributed by atoms with Crippen LogP contribution in [-0.4, -0.2) is 30.4 Å². The molecule has 0 saturated heterocycles. The van der Waals surface area contributed by atoms with Gasteiger partial charge in [-0.1, -0.05) is 66.7 Å². The lowest BCUT2D eigenvalue weighted by atomic mass is 9.88. The monoisotopic (exact) mass is 431 g/mol. The summed E-state index contributed by atoms with van der Waals surface area (Å²) in [5, 5.41) is 11.2. The van der Waals surface area contributed by atoms with E-state index in [1.807, 2.05) is 42.5 Å². The highest BCUT2D eigenvalue weighted by atomic mass is 15.3. The molecule has 7 heteroatoms. The van der Waals surface area contributed by atoms with Crippen molar-refractivity contribution in [3.63, 3.8) is 0 Å². The second-order valence-electron chi connectivity index (χ2n) is 8.08. The Morgan fingerprint density at radius 3 is 2.39 bits per heavy atom. The Labute approximate surface area is 189 Å². The van der Waals surface area contributed by atoms with Gasteiger partial charge in [0, 0.05) is 12.3 Å². The first-order valence-electron chi connectivity index (χ1n) is 10.8. The minimum Gasteiger partial charge on any atom is -0.384 e.